The van der Waals surface area contributed by atoms with Crippen molar-refractivity contribution < 1.29 is 18.4 Å². The van der Waals surface area contributed by atoms with Crippen LogP contribution in [0.2, 0.25) is 0 Å². The van der Waals surface area contributed by atoms with E-state index in [1.807, 2.05) is 0 Å². The van der Waals surface area contributed by atoms with Crippen molar-refractivity contribution in [2.24, 2.45) is 5.92 Å². The van der Waals surface area contributed by atoms with Gasteiger partial charge in [0.05, 0.1) is 0 Å². The lowest BCUT2D eigenvalue weighted by molar-refractivity contribution is -0.114. The molecule has 1 aromatic rings. The number of aromatic nitrogens is 1. The highest BCUT2D eigenvalue weighted by Crippen LogP contribution is 2.33. The van der Waals surface area contributed by atoms with Gasteiger partial charge in [-0.1, -0.05) is 6.92 Å². The van der Waals surface area contributed by atoms with Gasteiger partial charge < -0.3 is 10.2 Å². The molecule has 0 saturated carbocycles. The molecule has 1 saturated heterocycles. The standard InChI is InChI=1S/C12H15F2N3O2S/c1-7-5-17(4-3-12(7,13)14)10(19)9-6-20-11(16-9)15-8(2)18/h6-7H,3-5H2,1-2H3,(H,15,16,18). The van der Waals surface area contributed by atoms with Crippen molar-refractivity contribution >= 4 is 28.3 Å². The van der Waals surface area contributed by atoms with Crippen molar-refractivity contribution in [2.45, 2.75) is 26.2 Å². The molecule has 1 atom stereocenters. The Labute approximate surface area is 119 Å². The van der Waals surface area contributed by atoms with Crippen LogP contribution in [0.3, 0.4) is 0 Å². The first kappa shape index (κ1) is 14.8. The zero-order chi connectivity index (χ0) is 14.9. The third-order valence-corrected chi connectivity index (χ3v) is 3.98. The lowest BCUT2D eigenvalue weighted by Crippen LogP contribution is -2.48. The molecule has 0 radical (unpaired) electrons. The van der Waals surface area contributed by atoms with E-state index in [9.17, 15) is 18.4 Å². The van der Waals surface area contributed by atoms with Gasteiger partial charge in [-0.2, -0.15) is 0 Å². The van der Waals surface area contributed by atoms with Crippen LogP contribution >= 0.6 is 11.3 Å². The highest BCUT2D eigenvalue weighted by atomic mass is 32.1. The van der Waals surface area contributed by atoms with Crippen molar-refractivity contribution in [1.29, 1.82) is 0 Å². The number of nitrogens with zero attached hydrogens (tertiary/aromatic N) is 2. The molecule has 0 bridgehead atoms. The van der Waals surface area contributed by atoms with Crippen LogP contribution in [0.4, 0.5) is 13.9 Å². The first-order chi connectivity index (χ1) is 9.29. The fourth-order valence-electron chi connectivity index (χ4n) is 2.01. The maximum absolute atomic E-state index is 13.4. The lowest BCUT2D eigenvalue weighted by atomic mass is 9.95. The minimum atomic E-state index is -2.72. The van der Waals surface area contributed by atoms with Crippen molar-refractivity contribution in [3.05, 3.63) is 11.1 Å². The molecule has 1 aliphatic rings. The van der Waals surface area contributed by atoms with Crippen LogP contribution in [0.1, 0.15) is 30.8 Å². The Kier molecular flexibility index (Phi) is 4.03. The van der Waals surface area contributed by atoms with Gasteiger partial charge in [0.25, 0.3) is 11.8 Å². The first-order valence-electron chi connectivity index (χ1n) is 6.20. The van der Waals surface area contributed by atoms with Crippen LogP contribution in [-0.4, -0.2) is 40.7 Å². The Balaban J connectivity index is 2.05. The van der Waals surface area contributed by atoms with Gasteiger partial charge in [-0.15, -0.1) is 11.3 Å². The summed E-state index contributed by atoms with van der Waals surface area (Å²) in [6.45, 7) is 2.81. The van der Waals surface area contributed by atoms with Crippen molar-refractivity contribution in [3.63, 3.8) is 0 Å². The molecule has 2 rings (SSSR count). The van der Waals surface area contributed by atoms with Gasteiger partial charge in [0.1, 0.15) is 5.69 Å². The number of hydrogen-bond donors (Lipinski definition) is 1. The summed E-state index contributed by atoms with van der Waals surface area (Å²) in [6.07, 6.45) is -0.331. The van der Waals surface area contributed by atoms with Gasteiger partial charge in [0, 0.05) is 37.7 Å². The number of amides is 2. The largest absolute Gasteiger partial charge is 0.337 e. The predicted octanol–water partition coefficient (Wildman–Crippen LogP) is 2.22. The Hall–Kier alpha value is -1.57. The Morgan fingerprint density at radius 1 is 1.55 bits per heavy atom. The Morgan fingerprint density at radius 3 is 2.85 bits per heavy atom. The van der Waals surface area contributed by atoms with Crippen LogP contribution in [0.25, 0.3) is 0 Å². The summed E-state index contributed by atoms with van der Waals surface area (Å²) >= 11 is 1.13. The summed E-state index contributed by atoms with van der Waals surface area (Å²) in [4.78, 5) is 28.4. The molecule has 1 fully saturated rings. The second-order valence-electron chi connectivity index (χ2n) is 4.88. The smallest absolute Gasteiger partial charge is 0.273 e. The number of carbonyl (C=O) groups is 2. The van der Waals surface area contributed by atoms with E-state index in [2.05, 4.69) is 10.3 Å². The van der Waals surface area contributed by atoms with Crippen molar-refractivity contribution in [2.75, 3.05) is 18.4 Å². The van der Waals surface area contributed by atoms with Crippen LogP contribution < -0.4 is 5.32 Å². The van der Waals surface area contributed by atoms with Crippen molar-refractivity contribution in [1.82, 2.24) is 9.88 Å². The predicted molar refractivity (Wildman–Crippen MR) is 71.0 cm³/mol. The zero-order valence-corrected chi connectivity index (χ0v) is 12.0. The molecule has 1 unspecified atom stereocenters. The van der Waals surface area contributed by atoms with E-state index in [1.165, 1.54) is 24.1 Å². The molecule has 0 aliphatic carbocycles. The number of nitrogens with one attached hydrogen (secondary N) is 1. The molecule has 5 nitrogen and oxygen atoms in total. The fourth-order valence-corrected chi connectivity index (χ4v) is 2.74. The van der Waals surface area contributed by atoms with Gasteiger partial charge in [-0.25, -0.2) is 13.8 Å². The fraction of sp³-hybridized carbons (Fsp3) is 0.583. The molecule has 0 aromatic carbocycles. The van der Waals surface area contributed by atoms with E-state index >= 15 is 0 Å². The van der Waals surface area contributed by atoms with E-state index < -0.39 is 11.8 Å². The number of likely N-dealkylation sites (tertiary alicyclic amines) is 1. The topological polar surface area (TPSA) is 62.3 Å². The summed E-state index contributed by atoms with van der Waals surface area (Å²) in [5.74, 6) is -4.24. The number of hydrogen-bond acceptors (Lipinski definition) is 4. The zero-order valence-electron chi connectivity index (χ0n) is 11.2. The van der Waals surface area contributed by atoms with E-state index in [1.54, 1.807) is 0 Å². The summed E-state index contributed by atoms with van der Waals surface area (Å²) in [5.41, 5.74) is 0.177. The highest BCUT2D eigenvalue weighted by molar-refractivity contribution is 7.14. The second-order valence-corrected chi connectivity index (χ2v) is 5.74. The number of anilines is 1. The maximum Gasteiger partial charge on any atom is 0.273 e. The summed E-state index contributed by atoms with van der Waals surface area (Å²) in [5, 5.41) is 4.33. The van der Waals surface area contributed by atoms with Crippen molar-refractivity contribution in [3.8, 4) is 0 Å². The van der Waals surface area contributed by atoms with Crippen LogP contribution in [0.5, 0.6) is 0 Å². The molecule has 1 aliphatic heterocycles. The van der Waals surface area contributed by atoms with E-state index in [0.717, 1.165) is 11.3 Å². The minimum absolute atomic E-state index is 0.0127. The maximum atomic E-state index is 13.4. The lowest BCUT2D eigenvalue weighted by Gasteiger charge is -2.36. The third-order valence-electron chi connectivity index (χ3n) is 3.22. The SMILES string of the molecule is CC(=O)Nc1nc(C(=O)N2CCC(F)(F)C(C)C2)cs1. The molecule has 8 heteroatoms. The quantitative estimate of drug-likeness (QED) is 0.911. The van der Waals surface area contributed by atoms with Gasteiger partial charge in [-0.3, -0.25) is 9.59 Å². The summed E-state index contributed by atoms with van der Waals surface area (Å²) in [7, 11) is 0. The summed E-state index contributed by atoms with van der Waals surface area (Å²) < 4.78 is 26.8. The van der Waals surface area contributed by atoms with Gasteiger partial charge in [-0.05, 0) is 0 Å². The Bertz CT molecular complexity index is 533. The molecule has 20 heavy (non-hydrogen) atoms. The molecule has 2 amide bonds. The molecule has 0 spiro atoms. The first-order valence-corrected chi connectivity index (χ1v) is 7.08. The van der Waals surface area contributed by atoms with Crippen LogP contribution in [0, 0.1) is 5.92 Å². The number of rotatable bonds is 2. The normalized spacial score (nSPS) is 21.6. The molecule has 1 aromatic heterocycles. The molecule has 110 valence electrons. The van der Waals surface area contributed by atoms with Gasteiger partial charge >= 0.3 is 0 Å². The number of piperidine rings is 1. The molecule has 2 heterocycles. The number of thiazole rings is 1. The Morgan fingerprint density at radius 2 is 2.25 bits per heavy atom. The number of alkyl halides is 2. The third kappa shape index (κ3) is 3.12. The number of halogens is 2. The van der Waals surface area contributed by atoms with Crippen LogP contribution in [0.15, 0.2) is 5.38 Å². The molecular formula is C12H15F2N3O2S. The average molecular weight is 303 g/mol. The molecular weight excluding hydrogens is 288 g/mol. The monoisotopic (exact) mass is 303 g/mol. The minimum Gasteiger partial charge on any atom is -0.337 e. The highest BCUT2D eigenvalue weighted by Gasteiger charge is 2.42. The van der Waals surface area contributed by atoms with E-state index in [0.29, 0.717) is 5.13 Å². The van der Waals surface area contributed by atoms with Gasteiger partial charge in [0.15, 0.2) is 5.13 Å². The van der Waals surface area contributed by atoms with E-state index in [-0.39, 0.29) is 37.0 Å². The summed E-state index contributed by atoms with van der Waals surface area (Å²) in [6, 6.07) is 0. The van der Waals surface area contributed by atoms with Gasteiger partial charge in [0.2, 0.25) is 5.91 Å². The molecule has 1 N–H and O–H groups in total. The van der Waals surface area contributed by atoms with E-state index in [4.69, 9.17) is 0 Å². The number of carbonyl (C=O) groups excluding carboxylic acids is 2. The average Bonchev–Trinajstić information content (AvgIpc) is 2.79. The second kappa shape index (κ2) is 5.43. The van der Waals surface area contributed by atoms with Crippen LogP contribution in [-0.2, 0) is 4.79 Å².